The Kier molecular flexibility index (Phi) is 4.93. The summed E-state index contributed by atoms with van der Waals surface area (Å²) >= 11 is 0. The summed E-state index contributed by atoms with van der Waals surface area (Å²) < 4.78 is 0. The zero-order chi connectivity index (χ0) is 15.2. The van der Waals surface area contributed by atoms with E-state index < -0.39 is 0 Å². The van der Waals surface area contributed by atoms with Gasteiger partial charge in [-0.05, 0) is 30.2 Å². The zero-order valence-corrected chi connectivity index (χ0v) is 12.7. The maximum atomic E-state index is 12.5. The van der Waals surface area contributed by atoms with Gasteiger partial charge < -0.3 is 10.2 Å². The van der Waals surface area contributed by atoms with Crippen LogP contribution >= 0.6 is 0 Å². The van der Waals surface area contributed by atoms with Gasteiger partial charge in [0.25, 0.3) is 5.91 Å². The number of para-hydroxylation sites is 1. The van der Waals surface area contributed by atoms with Crippen molar-refractivity contribution in [3.05, 3.63) is 54.4 Å². The lowest BCUT2D eigenvalue weighted by atomic mass is 10.2. The number of carbonyl (C=O) groups excluding carboxylic acids is 1. The number of benzene rings is 1. The van der Waals surface area contributed by atoms with Crippen LogP contribution in [0.25, 0.3) is 0 Å². The number of nitrogens with one attached hydrogen (secondary N) is 1. The molecule has 21 heavy (non-hydrogen) atoms. The monoisotopic (exact) mass is 283 g/mol. The molecule has 0 aliphatic heterocycles. The summed E-state index contributed by atoms with van der Waals surface area (Å²) in [6.07, 6.45) is 1.66. The van der Waals surface area contributed by atoms with Gasteiger partial charge in [-0.1, -0.05) is 32.0 Å². The van der Waals surface area contributed by atoms with Gasteiger partial charge in [-0.25, -0.2) is 0 Å². The molecular weight excluding hydrogens is 262 g/mol. The van der Waals surface area contributed by atoms with Gasteiger partial charge in [-0.15, -0.1) is 0 Å². The van der Waals surface area contributed by atoms with Gasteiger partial charge in [0, 0.05) is 31.2 Å². The first kappa shape index (κ1) is 15.0. The van der Waals surface area contributed by atoms with Crippen molar-refractivity contribution < 1.29 is 4.79 Å². The lowest BCUT2D eigenvalue weighted by Crippen LogP contribution is -2.27. The SMILES string of the molecule is CC(C)CNc1ccnc(C(=O)N(C)c2ccccc2)c1. The van der Waals surface area contributed by atoms with Gasteiger partial charge >= 0.3 is 0 Å². The molecular formula is C17H21N3O. The minimum absolute atomic E-state index is 0.116. The van der Waals surface area contributed by atoms with Gasteiger partial charge in [-0.3, -0.25) is 9.78 Å². The smallest absolute Gasteiger partial charge is 0.276 e. The maximum Gasteiger partial charge on any atom is 0.276 e. The van der Waals surface area contributed by atoms with Crippen LogP contribution in [0.2, 0.25) is 0 Å². The van der Waals surface area contributed by atoms with Crippen LogP contribution in [0.3, 0.4) is 0 Å². The molecule has 0 aliphatic carbocycles. The Labute approximate surface area is 125 Å². The van der Waals surface area contributed by atoms with E-state index in [0.717, 1.165) is 17.9 Å². The van der Waals surface area contributed by atoms with Crippen molar-refractivity contribution in [1.29, 1.82) is 0 Å². The molecule has 1 heterocycles. The molecule has 1 amide bonds. The fraction of sp³-hybridized carbons (Fsp3) is 0.294. The summed E-state index contributed by atoms with van der Waals surface area (Å²) in [5, 5.41) is 3.31. The van der Waals surface area contributed by atoms with Crippen LogP contribution in [0.4, 0.5) is 11.4 Å². The highest BCUT2D eigenvalue weighted by Crippen LogP contribution is 2.16. The Morgan fingerprint density at radius 1 is 1.24 bits per heavy atom. The molecule has 1 aromatic carbocycles. The van der Waals surface area contributed by atoms with E-state index in [9.17, 15) is 4.79 Å². The molecule has 0 bridgehead atoms. The summed E-state index contributed by atoms with van der Waals surface area (Å²) in [5.41, 5.74) is 2.21. The van der Waals surface area contributed by atoms with E-state index >= 15 is 0 Å². The van der Waals surface area contributed by atoms with Gasteiger partial charge in [0.15, 0.2) is 0 Å². The van der Waals surface area contributed by atoms with E-state index in [2.05, 4.69) is 24.1 Å². The number of nitrogens with zero attached hydrogens (tertiary/aromatic N) is 2. The van der Waals surface area contributed by atoms with Crippen molar-refractivity contribution in [1.82, 2.24) is 4.98 Å². The fourth-order valence-electron chi connectivity index (χ4n) is 1.92. The predicted molar refractivity (Wildman–Crippen MR) is 86.7 cm³/mol. The van der Waals surface area contributed by atoms with E-state index in [-0.39, 0.29) is 5.91 Å². The minimum atomic E-state index is -0.116. The van der Waals surface area contributed by atoms with Crippen molar-refractivity contribution in [2.24, 2.45) is 5.92 Å². The molecule has 1 N–H and O–H groups in total. The Balaban J connectivity index is 2.14. The first-order chi connectivity index (χ1) is 10.1. The summed E-state index contributed by atoms with van der Waals surface area (Å²) in [6.45, 7) is 5.15. The van der Waals surface area contributed by atoms with Crippen LogP contribution in [0.15, 0.2) is 48.7 Å². The first-order valence-corrected chi connectivity index (χ1v) is 7.11. The van der Waals surface area contributed by atoms with Crippen molar-refractivity contribution in [3.8, 4) is 0 Å². The number of anilines is 2. The topological polar surface area (TPSA) is 45.2 Å². The highest BCUT2D eigenvalue weighted by molar-refractivity contribution is 6.04. The number of rotatable bonds is 5. The van der Waals surface area contributed by atoms with Gasteiger partial charge in [0.05, 0.1) is 0 Å². The lowest BCUT2D eigenvalue weighted by molar-refractivity contribution is 0.0988. The fourth-order valence-corrected chi connectivity index (χ4v) is 1.92. The standard InChI is InChI=1S/C17H21N3O/c1-13(2)12-19-14-9-10-18-16(11-14)17(21)20(3)15-7-5-4-6-8-15/h4-11,13H,12H2,1-3H3,(H,18,19). The highest BCUT2D eigenvalue weighted by Gasteiger charge is 2.14. The Hall–Kier alpha value is -2.36. The number of hydrogen-bond donors (Lipinski definition) is 1. The first-order valence-electron chi connectivity index (χ1n) is 7.11. The van der Waals surface area contributed by atoms with Crippen LogP contribution in [-0.4, -0.2) is 24.5 Å². The average Bonchev–Trinajstić information content (AvgIpc) is 2.52. The number of aromatic nitrogens is 1. The third-order valence-corrected chi connectivity index (χ3v) is 3.14. The van der Waals surface area contributed by atoms with Gasteiger partial charge in [0.2, 0.25) is 0 Å². The van der Waals surface area contributed by atoms with Crippen molar-refractivity contribution >= 4 is 17.3 Å². The summed E-state index contributed by atoms with van der Waals surface area (Å²) in [7, 11) is 1.76. The molecule has 0 spiro atoms. The van der Waals surface area contributed by atoms with Crippen LogP contribution in [-0.2, 0) is 0 Å². The predicted octanol–water partition coefficient (Wildman–Crippen LogP) is 3.43. The van der Waals surface area contributed by atoms with E-state index in [1.54, 1.807) is 24.2 Å². The molecule has 110 valence electrons. The third kappa shape index (κ3) is 4.05. The van der Waals surface area contributed by atoms with E-state index in [1.165, 1.54) is 0 Å². The molecule has 0 fully saturated rings. The van der Waals surface area contributed by atoms with E-state index in [1.807, 2.05) is 36.4 Å². The molecule has 1 aromatic heterocycles. The molecule has 0 aliphatic rings. The van der Waals surface area contributed by atoms with Gasteiger partial charge in [0.1, 0.15) is 5.69 Å². The molecule has 0 unspecified atom stereocenters. The van der Waals surface area contributed by atoms with E-state index in [4.69, 9.17) is 0 Å². The summed E-state index contributed by atoms with van der Waals surface area (Å²) in [6, 6.07) is 13.2. The molecule has 4 heteroatoms. The number of hydrogen-bond acceptors (Lipinski definition) is 3. The molecule has 2 rings (SSSR count). The number of carbonyl (C=O) groups is 1. The Morgan fingerprint density at radius 3 is 2.62 bits per heavy atom. The second kappa shape index (κ2) is 6.88. The lowest BCUT2D eigenvalue weighted by Gasteiger charge is -2.17. The van der Waals surface area contributed by atoms with Gasteiger partial charge in [-0.2, -0.15) is 0 Å². The van der Waals surface area contributed by atoms with Crippen LogP contribution in [0.1, 0.15) is 24.3 Å². The zero-order valence-electron chi connectivity index (χ0n) is 12.7. The Morgan fingerprint density at radius 2 is 1.95 bits per heavy atom. The summed E-state index contributed by atoms with van der Waals surface area (Å²) in [5.74, 6) is 0.429. The molecule has 4 nitrogen and oxygen atoms in total. The van der Waals surface area contributed by atoms with Crippen molar-refractivity contribution in [2.45, 2.75) is 13.8 Å². The van der Waals surface area contributed by atoms with Crippen molar-refractivity contribution in [2.75, 3.05) is 23.8 Å². The average molecular weight is 283 g/mol. The largest absolute Gasteiger partial charge is 0.385 e. The maximum absolute atomic E-state index is 12.5. The minimum Gasteiger partial charge on any atom is -0.385 e. The second-order valence-electron chi connectivity index (χ2n) is 5.40. The van der Waals surface area contributed by atoms with Crippen LogP contribution in [0.5, 0.6) is 0 Å². The molecule has 0 saturated heterocycles. The quantitative estimate of drug-likeness (QED) is 0.914. The summed E-state index contributed by atoms with van der Waals surface area (Å²) in [4.78, 5) is 18.3. The highest BCUT2D eigenvalue weighted by atomic mass is 16.2. The number of amides is 1. The molecule has 0 radical (unpaired) electrons. The van der Waals surface area contributed by atoms with Crippen molar-refractivity contribution in [3.63, 3.8) is 0 Å². The van der Waals surface area contributed by atoms with E-state index in [0.29, 0.717) is 11.6 Å². The molecule has 2 aromatic rings. The second-order valence-corrected chi connectivity index (χ2v) is 5.40. The number of pyridine rings is 1. The third-order valence-electron chi connectivity index (χ3n) is 3.14. The molecule has 0 atom stereocenters. The van der Waals surface area contributed by atoms with Crippen LogP contribution in [0, 0.1) is 5.92 Å². The van der Waals surface area contributed by atoms with Crippen LogP contribution < -0.4 is 10.2 Å². The molecule has 0 saturated carbocycles. The normalized spacial score (nSPS) is 10.5. The Bertz CT molecular complexity index is 596.